The first-order valence-electron chi connectivity index (χ1n) is 12.2. The average molecular weight is 468 g/mol. The Morgan fingerprint density at radius 2 is 1.62 bits per heavy atom. The number of hydrogen-bond donors (Lipinski definition) is 1. The molecule has 0 radical (unpaired) electrons. The predicted octanol–water partition coefficient (Wildman–Crippen LogP) is 8.47. The Morgan fingerprint density at radius 3 is 2.29 bits per heavy atom. The molecule has 1 aromatic heterocycles. The summed E-state index contributed by atoms with van der Waals surface area (Å²) in [5.41, 5.74) is 8.39. The summed E-state index contributed by atoms with van der Waals surface area (Å²) in [6.45, 7) is 6.44. The molecule has 34 heavy (non-hydrogen) atoms. The van der Waals surface area contributed by atoms with Crippen LogP contribution in [0.1, 0.15) is 61.8 Å². The largest absolute Gasteiger partial charge is 0.381 e. The monoisotopic (exact) mass is 467 g/mol. The highest BCUT2D eigenvalue weighted by Crippen LogP contribution is 2.55. The van der Waals surface area contributed by atoms with Crippen LogP contribution in [-0.2, 0) is 5.60 Å². The van der Waals surface area contributed by atoms with Gasteiger partial charge < -0.3 is 5.11 Å². The van der Waals surface area contributed by atoms with E-state index >= 15 is 0 Å². The summed E-state index contributed by atoms with van der Waals surface area (Å²) in [6.07, 6.45) is 3.33. The van der Waals surface area contributed by atoms with E-state index in [1.807, 2.05) is 30.3 Å². The van der Waals surface area contributed by atoms with Crippen molar-refractivity contribution in [1.29, 1.82) is 0 Å². The first-order chi connectivity index (χ1) is 16.5. The van der Waals surface area contributed by atoms with Crippen LogP contribution in [0.25, 0.3) is 27.7 Å². The van der Waals surface area contributed by atoms with Gasteiger partial charge in [-0.05, 0) is 60.7 Å². The van der Waals surface area contributed by atoms with E-state index in [-0.39, 0.29) is 0 Å². The lowest BCUT2D eigenvalue weighted by atomic mass is 9.81. The van der Waals surface area contributed by atoms with Crippen LogP contribution in [0.2, 0.25) is 5.02 Å². The molecule has 1 atom stereocenters. The van der Waals surface area contributed by atoms with Crippen LogP contribution in [0, 0.1) is 6.92 Å². The first-order valence-corrected chi connectivity index (χ1v) is 12.6. The van der Waals surface area contributed by atoms with Gasteiger partial charge in [0.2, 0.25) is 0 Å². The van der Waals surface area contributed by atoms with E-state index in [4.69, 9.17) is 16.6 Å². The van der Waals surface area contributed by atoms with Gasteiger partial charge >= 0.3 is 0 Å². The molecule has 0 aliphatic heterocycles. The Kier molecular flexibility index (Phi) is 6.06. The number of fused-ring (bicyclic) bond motifs is 3. The molecule has 0 spiro atoms. The molecular weight excluding hydrogens is 438 g/mol. The fraction of sp³-hybridized carbons (Fsp3) is 0.258. The maximum absolute atomic E-state index is 12.6. The number of aryl methyl sites for hydroxylation is 1. The quantitative estimate of drug-likeness (QED) is 0.308. The molecule has 1 aliphatic carbocycles. The van der Waals surface area contributed by atoms with Gasteiger partial charge in [0, 0.05) is 27.1 Å². The highest BCUT2D eigenvalue weighted by Gasteiger charge is 2.46. The second kappa shape index (κ2) is 9.02. The fourth-order valence-electron chi connectivity index (χ4n) is 5.51. The van der Waals surface area contributed by atoms with Crippen LogP contribution in [0.3, 0.4) is 0 Å². The minimum atomic E-state index is -1.06. The molecule has 0 fully saturated rings. The molecule has 1 heterocycles. The molecular formula is C31H30ClNO. The standard InChI is InChI=1S/C31H30ClNO/c1-4-9-25-27(21-10-7-6-8-11-21)28-24-19-20(3)12-17-26(24)33-30(22-13-15-23(32)16-14-22)29(28)31(25,34)18-5-2/h6-8,10-17,19,34H,4-5,9,18H2,1-3H3. The zero-order chi connectivity index (χ0) is 23.9. The summed E-state index contributed by atoms with van der Waals surface area (Å²) in [5, 5.41) is 14.4. The van der Waals surface area contributed by atoms with Crippen molar-refractivity contribution in [3.8, 4) is 11.3 Å². The van der Waals surface area contributed by atoms with Gasteiger partial charge in [-0.3, -0.25) is 0 Å². The molecule has 2 nitrogen and oxygen atoms in total. The van der Waals surface area contributed by atoms with E-state index in [0.29, 0.717) is 11.4 Å². The number of halogens is 1. The zero-order valence-corrected chi connectivity index (χ0v) is 20.8. The normalized spacial score (nSPS) is 17.4. The molecule has 172 valence electrons. The summed E-state index contributed by atoms with van der Waals surface area (Å²) in [7, 11) is 0. The minimum absolute atomic E-state index is 0.658. The van der Waals surface area contributed by atoms with Crippen molar-refractivity contribution < 1.29 is 5.11 Å². The molecule has 4 aromatic rings. The second-order valence-corrected chi connectivity index (χ2v) is 9.75. The van der Waals surface area contributed by atoms with Gasteiger partial charge in [-0.1, -0.05) is 92.4 Å². The van der Waals surface area contributed by atoms with Crippen molar-refractivity contribution in [2.75, 3.05) is 0 Å². The number of nitrogens with zero attached hydrogens (tertiary/aromatic N) is 1. The lowest BCUT2D eigenvalue weighted by Gasteiger charge is -2.30. The summed E-state index contributed by atoms with van der Waals surface area (Å²) in [4.78, 5) is 5.16. The van der Waals surface area contributed by atoms with Crippen LogP contribution in [0.5, 0.6) is 0 Å². The molecule has 1 unspecified atom stereocenters. The SMILES string of the molecule is CCCC1=C(c2ccccc2)c2c(c(-c3ccc(Cl)cc3)nc3ccc(C)cc23)C1(O)CCC. The van der Waals surface area contributed by atoms with Crippen molar-refractivity contribution in [2.24, 2.45) is 0 Å². The van der Waals surface area contributed by atoms with Crippen molar-refractivity contribution in [3.63, 3.8) is 0 Å². The van der Waals surface area contributed by atoms with Gasteiger partial charge in [0.05, 0.1) is 11.2 Å². The third-order valence-corrected chi connectivity index (χ3v) is 7.15. The van der Waals surface area contributed by atoms with Crippen molar-refractivity contribution in [1.82, 2.24) is 4.98 Å². The van der Waals surface area contributed by atoms with Gasteiger partial charge in [-0.2, -0.15) is 0 Å². The molecule has 0 saturated carbocycles. The Labute approximate surface area is 206 Å². The predicted molar refractivity (Wildman–Crippen MR) is 143 cm³/mol. The smallest absolute Gasteiger partial charge is 0.114 e. The Bertz CT molecular complexity index is 1390. The van der Waals surface area contributed by atoms with E-state index in [2.05, 4.69) is 63.2 Å². The highest BCUT2D eigenvalue weighted by atomic mass is 35.5. The summed E-state index contributed by atoms with van der Waals surface area (Å²) < 4.78 is 0. The van der Waals surface area contributed by atoms with Gasteiger partial charge in [0.15, 0.2) is 0 Å². The average Bonchev–Trinajstić information content (AvgIpc) is 3.09. The zero-order valence-electron chi connectivity index (χ0n) is 20.0. The fourth-order valence-corrected chi connectivity index (χ4v) is 5.63. The Morgan fingerprint density at radius 1 is 0.882 bits per heavy atom. The van der Waals surface area contributed by atoms with Gasteiger partial charge in [0.1, 0.15) is 5.60 Å². The number of pyridine rings is 1. The van der Waals surface area contributed by atoms with Crippen LogP contribution in [-0.4, -0.2) is 10.1 Å². The summed E-state index contributed by atoms with van der Waals surface area (Å²) >= 11 is 6.22. The van der Waals surface area contributed by atoms with E-state index < -0.39 is 5.60 Å². The topological polar surface area (TPSA) is 33.1 Å². The van der Waals surface area contributed by atoms with E-state index in [1.54, 1.807) is 0 Å². The third-order valence-electron chi connectivity index (χ3n) is 6.90. The number of hydrogen-bond acceptors (Lipinski definition) is 2. The Balaban J connectivity index is 1.97. The molecule has 1 aliphatic rings. The summed E-state index contributed by atoms with van der Waals surface area (Å²) in [5.74, 6) is 0. The molecule has 3 aromatic carbocycles. The maximum atomic E-state index is 12.6. The second-order valence-electron chi connectivity index (χ2n) is 9.32. The number of aromatic nitrogens is 1. The number of aliphatic hydroxyl groups is 1. The van der Waals surface area contributed by atoms with Crippen LogP contribution >= 0.6 is 11.6 Å². The lowest BCUT2D eigenvalue weighted by Crippen LogP contribution is -2.27. The van der Waals surface area contributed by atoms with Crippen molar-refractivity contribution >= 4 is 28.1 Å². The minimum Gasteiger partial charge on any atom is -0.381 e. The molecule has 0 bridgehead atoms. The maximum Gasteiger partial charge on any atom is 0.114 e. The van der Waals surface area contributed by atoms with E-state index in [1.165, 1.54) is 11.1 Å². The number of rotatable bonds is 6. The molecule has 0 amide bonds. The molecule has 1 N–H and O–H groups in total. The highest BCUT2D eigenvalue weighted by molar-refractivity contribution is 6.30. The Hall–Kier alpha value is -2.94. The first kappa shape index (κ1) is 22.8. The van der Waals surface area contributed by atoms with Crippen LogP contribution in [0.4, 0.5) is 0 Å². The molecule has 5 rings (SSSR count). The molecule has 3 heteroatoms. The van der Waals surface area contributed by atoms with E-state index in [0.717, 1.165) is 63.7 Å². The van der Waals surface area contributed by atoms with Gasteiger partial charge in [0.25, 0.3) is 0 Å². The third kappa shape index (κ3) is 3.66. The van der Waals surface area contributed by atoms with Crippen LogP contribution in [0.15, 0.2) is 78.4 Å². The molecule has 0 saturated heterocycles. The summed E-state index contributed by atoms with van der Waals surface area (Å²) in [6, 6.07) is 24.8. The number of benzene rings is 3. The van der Waals surface area contributed by atoms with Crippen molar-refractivity contribution in [3.05, 3.63) is 106 Å². The van der Waals surface area contributed by atoms with E-state index in [9.17, 15) is 5.11 Å². The van der Waals surface area contributed by atoms with Crippen LogP contribution < -0.4 is 0 Å². The van der Waals surface area contributed by atoms with Crippen molar-refractivity contribution in [2.45, 2.75) is 52.1 Å². The lowest BCUT2D eigenvalue weighted by molar-refractivity contribution is 0.0663. The van der Waals surface area contributed by atoms with Gasteiger partial charge in [-0.15, -0.1) is 0 Å². The van der Waals surface area contributed by atoms with Gasteiger partial charge in [-0.25, -0.2) is 4.98 Å².